The van der Waals surface area contributed by atoms with Crippen LogP contribution in [0.25, 0.3) is 11.0 Å². The Hall–Kier alpha value is -3.22. The van der Waals surface area contributed by atoms with Gasteiger partial charge in [0.1, 0.15) is 23.9 Å². The Bertz CT molecular complexity index is 1220. The zero-order valence-corrected chi connectivity index (χ0v) is 20.0. The third-order valence-corrected chi connectivity index (χ3v) is 6.68. The van der Waals surface area contributed by atoms with E-state index in [1.54, 1.807) is 31.2 Å². The van der Waals surface area contributed by atoms with Gasteiger partial charge >= 0.3 is 11.9 Å². The molecule has 4 rings (SSSR count). The molecular formula is C27H31NO6. The SMILES string of the molecule is CCCCCCCCc1cc(=O)c2cccc(C3C4=C(COC4=O)N=C(C)C3C(=O)OC)c2o1. The average Bonchev–Trinajstić information content (AvgIpc) is 3.19. The normalized spacial score (nSPS) is 19.7. The number of aliphatic imine (C=N–C) groups is 1. The van der Waals surface area contributed by atoms with E-state index in [0.29, 0.717) is 45.7 Å². The van der Waals surface area contributed by atoms with Crippen molar-refractivity contribution in [3.05, 3.63) is 57.1 Å². The second-order valence-corrected chi connectivity index (χ2v) is 8.99. The molecule has 3 heterocycles. The maximum absolute atomic E-state index is 13.0. The Labute approximate surface area is 198 Å². The number of carbonyl (C=O) groups is 2. The molecule has 2 aliphatic heterocycles. The van der Waals surface area contributed by atoms with Crippen LogP contribution in [0, 0.1) is 5.92 Å². The van der Waals surface area contributed by atoms with Crippen molar-refractivity contribution < 1.29 is 23.5 Å². The zero-order valence-electron chi connectivity index (χ0n) is 20.0. The number of nitrogens with zero attached hydrogens (tertiary/aromatic N) is 1. The van der Waals surface area contributed by atoms with E-state index in [1.807, 2.05) is 0 Å². The van der Waals surface area contributed by atoms with Gasteiger partial charge in [0.2, 0.25) is 0 Å². The number of unbranched alkanes of at least 4 members (excludes halogenated alkanes) is 5. The van der Waals surface area contributed by atoms with Gasteiger partial charge in [-0.1, -0.05) is 51.2 Å². The Morgan fingerprint density at radius 1 is 1.15 bits per heavy atom. The molecule has 1 aromatic heterocycles. The number of ether oxygens (including phenoxy) is 2. The average molecular weight is 466 g/mol. The van der Waals surface area contributed by atoms with Crippen LogP contribution in [-0.2, 0) is 25.5 Å². The van der Waals surface area contributed by atoms with Crippen molar-refractivity contribution in [1.82, 2.24) is 0 Å². The minimum atomic E-state index is -0.812. The molecule has 0 spiro atoms. The minimum absolute atomic E-state index is 0.0634. The van der Waals surface area contributed by atoms with E-state index < -0.39 is 23.8 Å². The number of benzene rings is 1. The van der Waals surface area contributed by atoms with Crippen LogP contribution in [0.5, 0.6) is 0 Å². The molecular weight excluding hydrogens is 434 g/mol. The summed E-state index contributed by atoms with van der Waals surface area (Å²) in [5.41, 5.74) is 2.24. The number of cyclic esters (lactones) is 1. The van der Waals surface area contributed by atoms with Crippen LogP contribution in [0.3, 0.4) is 0 Å². The molecule has 0 saturated heterocycles. The summed E-state index contributed by atoms with van der Waals surface area (Å²) in [7, 11) is 1.31. The minimum Gasteiger partial charge on any atom is -0.468 e. The maximum atomic E-state index is 13.0. The number of esters is 2. The van der Waals surface area contributed by atoms with E-state index in [9.17, 15) is 14.4 Å². The second kappa shape index (κ2) is 10.4. The first kappa shape index (κ1) is 23.9. The fourth-order valence-corrected chi connectivity index (χ4v) is 4.96. The van der Waals surface area contributed by atoms with Crippen molar-refractivity contribution in [2.75, 3.05) is 13.7 Å². The highest BCUT2D eigenvalue weighted by Crippen LogP contribution is 2.44. The lowest BCUT2D eigenvalue weighted by atomic mass is 9.75. The van der Waals surface area contributed by atoms with Crippen molar-refractivity contribution in [2.24, 2.45) is 10.9 Å². The van der Waals surface area contributed by atoms with Crippen LogP contribution in [0.15, 0.2) is 49.7 Å². The summed E-state index contributed by atoms with van der Waals surface area (Å²) in [6, 6.07) is 6.81. The van der Waals surface area contributed by atoms with E-state index in [4.69, 9.17) is 13.9 Å². The number of fused-ring (bicyclic) bond motifs is 1. The van der Waals surface area contributed by atoms with E-state index in [0.717, 1.165) is 19.3 Å². The molecule has 0 fully saturated rings. The Balaban J connectivity index is 1.75. The van der Waals surface area contributed by atoms with Gasteiger partial charge in [-0.2, -0.15) is 0 Å². The number of rotatable bonds is 9. The number of aryl methyl sites for hydroxylation is 1. The van der Waals surface area contributed by atoms with Crippen molar-refractivity contribution in [1.29, 1.82) is 0 Å². The molecule has 0 N–H and O–H groups in total. The van der Waals surface area contributed by atoms with Gasteiger partial charge in [-0.25, -0.2) is 4.79 Å². The molecule has 0 amide bonds. The predicted octanol–water partition coefficient (Wildman–Crippen LogP) is 4.85. The Morgan fingerprint density at radius 2 is 1.91 bits per heavy atom. The van der Waals surface area contributed by atoms with Gasteiger partial charge in [-0.15, -0.1) is 0 Å². The van der Waals surface area contributed by atoms with Crippen LogP contribution < -0.4 is 5.43 Å². The van der Waals surface area contributed by atoms with Crippen molar-refractivity contribution >= 4 is 28.6 Å². The van der Waals surface area contributed by atoms with Crippen molar-refractivity contribution in [3.63, 3.8) is 0 Å². The molecule has 1 aromatic carbocycles. The van der Waals surface area contributed by atoms with Gasteiger partial charge in [0.25, 0.3) is 0 Å². The van der Waals surface area contributed by atoms with Crippen LogP contribution in [0.2, 0.25) is 0 Å². The van der Waals surface area contributed by atoms with Crippen LogP contribution in [0.1, 0.15) is 69.6 Å². The molecule has 180 valence electrons. The molecule has 0 bridgehead atoms. The van der Waals surface area contributed by atoms with Crippen LogP contribution >= 0.6 is 0 Å². The van der Waals surface area contributed by atoms with Gasteiger partial charge in [0, 0.05) is 29.7 Å². The lowest BCUT2D eigenvalue weighted by Gasteiger charge is -2.29. The number of methoxy groups -OCH3 is 1. The fraction of sp³-hybridized carbons (Fsp3) is 0.481. The van der Waals surface area contributed by atoms with Gasteiger partial charge in [-0.3, -0.25) is 14.6 Å². The number of para-hydroxylation sites is 1. The lowest BCUT2D eigenvalue weighted by Crippen LogP contribution is -2.35. The maximum Gasteiger partial charge on any atom is 0.337 e. The molecule has 0 radical (unpaired) electrons. The highest BCUT2D eigenvalue weighted by Gasteiger charge is 2.46. The molecule has 2 aromatic rings. The third-order valence-electron chi connectivity index (χ3n) is 6.68. The lowest BCUT2D eigenvalue weighted by molar-refractivity contribution is -0.143. The highest BCUT2D eigenvalue weighted by atomic mass is 16.5. The van der Waals surface area contributed by atoms with E-state index in [2.05, 4.69) is 11.9 Å². The topological polar surface area (TPSA) is 95.2 Å². The van der Waals surface area contributed by atoms with Gasteiger partial charge < -0.3 is 13.9 Å². The molecule has 2 atom stereocenters. The van der Waals surface area contributed by atoms with Gasteiger partial charge in [0.15, 0.2) is 5.43 Å². The molecule has 7 heteroatoms. The molecule has 2 unspecified atom stereocenters. The predicted molar refractivity (Wildman–Crippen MR) is 129 cm³/mol. The second-order valence-electron chi connectivity index (χ2n) is 8.99. The first-order valence-electron chi connectivity index (χ1n) is 12.0. The van der Waals surface area contributed by atoms with E-state index in [-0.39, 0.29) is 12.0 Å². The zero-order chi connectivity index (χ0) is 24.2. The monoisotopic (exact) mass is 465 g/mol. The van der Waals surface area contributed by atoms with Crippen molar-refractivity contribution in [2.45, 2.75) is 64.7 Å². The summed E-state index contributed by atoms with van der Waals surface area (Å²) in [5.74, 6) is -1.91. The smallest absolute Gasteiger partial charge is 0.337 e. The third kappa shape index (κ3) is 4.56. The molecule has 0 aliphatic carbocycles. The summed E-state index contributed by atoms with van der Waals surface area (Å²) in [5, 5.41) is 0.418. The molecule has 7 nitrogen and oxygen atoms in total. The van der Waals surface area contributed by atoms with Crippen LogP contribution in [0.4, 0.5) is 0 Å². The van der Waals surface area contributed by atoms with Crippen molar-refractivity contribution in [3.8, 4) is 0 Å². The fourth-order valence-electron chi connectivity index (χ4n) is 4.96. The Morgan fingerprint density at radius 3 is 2.68 bits per heavy atom. The first-order valence-corrected chi connectivity index (χ1v) is 12.0. The molecule has 34 heavy (non-hydrogen) atoms. The number of carbonyl (C=O) groups excluding carboxylic acids is 2. The highest BCUT2D eigenvalue weighted by molar-refractivity contribution is 6.08. The standard InChI is InChI=1S/C27H31NO6/c1-4-5-6-7-8-9-11-17-14-21(29)18-12-10-13-19(25(18)34-17)23-22(26(30)32-3)16(2)28-20-15-33-27(31)24(20)23/h10,12-14,22-23H,4-9,11,15H2,1-3H3. The summed E-state index contributed by atoms with van der Waals surface area (Å²) in [4.78, 5) is 42.9. The molecule has 2 aliphatic rings. The summed E-state index contributed by atoms with van der Waals surface area (Å²) in [6.07, 6.45) is 7.49. The Kier molecular flexibility index (Phi) is 7.29. The largest absolute Gasteiger partial charge is 0.468 e. The van der Waals surface area contributed by atoms with Crippen LogP contribution in [-0.4, -0.2) is 31.4 Å². The van der Waals surface area contributed by atoms with E-state index >= 15 is 0 Å². The number of hydrogen-bond donors (Lipinski definition) is 0. The van der Waals surface area contributed by atoms with Gasteiger partial charge in [-0.05, 0) is 19.4 Å². The first-order chi connectivity index (χ1) is 16.5. The van der Waals surface area contributed by atoms with E-state index in [1.165, 1.54) is 26.4 Å². The number of hydrogen-bond acceptors (Lipinski definition) is 7. The molecule has 0 saturated carbocycles. The summed E-state index contributed by atoms with van der Waals surface area (Å²) >= 11 is 0. The van der Waals surface area contributed by atoms with Gasteiger partial charge in [0.05, 0.1) is 23.8 Å². The summed E-state index contributed by atoms with van der Waals surface area (Å²) in [6.45, 7) is 4.00. The summed E-state index contributed by atoms with van der Waals surface area (Å²) < 4.78 is 16.6. The quantitative estimate of drug-likeness (QED) is 0.388.